The monoisotopic (exact) mass is 276 g/mol. The van der Waals surface area contributed by atoms with E-state index in [0.29, 0.717) is 11.8 Å². The highest BCUT2D eigenvalue weighted by Gasteiger charge is 2.28. The van der Waals surface area contributed by atoms with Crippen molar-refractivity contribution in [2.45, 2.75) is 52.9 Å². The van der Waals surface area contributed by atoms with E-state index in [1.54, 1.807) is 0 Å². The average molecular weight is 276 g/mol. The molecule has 0 amide bonds. The molecule has 1 aliphatic carbocycles. The lowest BCUT2D eigenvalue weighted by atomic mass is 10.2. The number of hydrogen-bond donors (Lipinski definition) is 1. The largest absolute Gasteiger partial charge is 0.370 e. The van der Waals surface area contributed by atoms with Crippen molar-refractivity contribution in [3.8, 4) is 0 Å². The molecule has 0 unspecified atom stereocenters. The van der Waals surface area contributed by atoms with Gasteiger partial charge < -0.3 is 10.2 Å². The summed E-state index contributed by atoms with van der Waals surface area (Å²) in [5.74, 6) is 4.33. The molecule has 0 aliphatic heterocycles. The lowest BCUT2D eigenvalue weighted by Crippen LogP contribution is -2.28. The highest BCUT2D eigenvalue weighted by atomic mass is 15.2. The number of rotatable bonds is 8. The molecule has 4 nitrogen and oxygen atoms in total. The molecular formula is C16H28N4. The molecule has 1 aromatic heterocycles. The summed E-state index contributed by atoms with van der Waals surface area (Å²) >= 11 is 0. The topological polar surface area (TPSA) is 41.0 Å². The molecule has 0 radical (unpaired) electrons. The Morgan fingerprint density at radius 2 is 2.05 bits per heavy atom. The van der Waals surface area contributed by atoms with Gasteiger partial charge in [0, 0.05) is 31.6 Å². The van der Waals surface area contributed by atoms with Gasteiger partial charge in [0.15, 0.2) is 0 Å². The zero-order valence-corrected chi connectivity index (χ0v) is 13.3. The minimum Gasteiger partial charge on any atom is -0.370 e. The maximum absolute atomic E-state index is 4.80. The predicted octanol–water partition coefficient (Wildman–Crippen LogP) is 3.66. The number of aromatic nitrogens is 2. The fourth-order valence-corrected chi connectivity index (χ4v) is 2.31. The van der Waals surface area contributed by atoms with Gasteiger partial charge in [0.2, 0.25) is 0 Å². The van der Waals surface area contributed by atoms with Crippen LogP contribution in [0.3, 0.4) is 0 Å². The highest BCUT2D eigenvalue weighted by molar-refractivity contribution is 5.50. The molecule has 1 aliphatic rings. The highest BCUT2D eigenvalue weighted by Crippen LogP contribution is 2.39. The van der Waals surface area contributed by atoms with E-state index in [9.17, 15) is 0 Å². The van der Waals surface area contributed by atoms with Crippen LogP contribution >= 0.6 is 0 Å². The van der Waals surface area contributed by atoms with Gasteiger partial charge in [-0.15, -0.1) is 0 Å². The first-order valence-corrected chi connectivity index (χ1v) is 8.01. The minimum atomic E-state index is 0.592. The zero-order valence-electron chi connectivity index (χ0n) is 13.3. The summed E-state index contributed by atoms with van der Waals surface area (Å²) in [5.41, 5.74) is 0. The second-order valence-electron chi connectivity index (χ2n) is 6.10. The summed E-state index contributed by atoms with van der Waals surface area (Å²) in [6.07, 6.45) is 3.60. The lowest BCUT2D eigenvalue weighted by Gasteiger charge is -2.25. The zero-order chi connectivity index (χ0) is 14.5. The minimum absolute atomic E-state index is 0.592. The molecule has 0 atom stereocenters. The first-order chi connectivity index (χ1) is 9.63. The average Bonchev–Trinajstić information content (AvgIpc) is 3.26. The summed E-state index contributed by atoms with van der Waals surface area (Å²) in [6.45, 7) is 11.9. The van der Waals surface area contributed by atoms with Crippen LogP contribution in [-0.4, -0.2) is 29.6 Å². The smallest absolute Gasteiger partial charge is 0.136 e. The normalized spacial score (nSPS) is 14.7. The van der Waals surface area contributed by atoms with E-state index >= 15 is 0 Å². The summed E-state index contributed by atoms with van der Waals surface area (Å²) in [6, 6.07) is 2.10. The Kier molecular flexibility index (Phi) is 5.21. The quantitative estimate of drug-likeness (QED) is 0.786. The van der Waals surface area contributed by atoms with Gasteiger partial charge in [-0.05, 0) is 32.1 Å². The second-order valence-corrected chi connectivity index (χ2v) is 6.10. The molecule has 1 N–H and O–H groups in total. The van der Waals surface area contributed by atoms with Gasteiger partial charge in [-0.1, -0.05) is 20.8 Å². The van der Waals surface area contributed by atoms with E-state index in [-0.39, 0.29) is 0 Å². The molecule has 0 aromatic carbocycles. The fourth-order valence-electron chi connectivity index (χ4n) is 2.31. The van der Waals surface area contributed by atoms with Gasteiger partial charge in [0.05, 0.1) is 0 Å². The molecule has 1 aromatic rings. The Morgan fingerprint density at radius 3 is 2.60 bits per heavy atom. The van der Waals surface area contributed by atoms with E-state index in [4.69, 9.17) is 4.98 Å². The van der Waals surface area contributed by atoms with Crippen molar-refractivity contribution in [3.05, 3.63) is 11.9 Å². The first-order valence-electron chi connectivity index (χ1n) is 8.01. The molecule has 2 rings (SSSR count). The second kappa shape index (κ2) is 6.91. The van der Waals surface area contributed by atoms with Crippen molar-refractivity contribution in [1.82, 2.24) is 9.97 Å². The van der Waals surface area contributed by atoms with Crippen LogP contribution in [0.15, 0.2) is 6.07 Å². The van der Waals surface area contributed by atoms with Crippen molar-refractivity contribution < 1.29 is 0 Å². The molecule has 4 heteroatoms. The van der Waals surface area contributed by atoms with Gasteiger partial charge in [0.1, 0.15) is 17.5 Å². The molecule has 0 spiro atoms. The summed E-state index contributed by atoms with van der Waals surface area (Å²) in [7, 11) is 0. The van der Waals surface area contributed by atoms with Crippen LogP contribution in [0, 0.1) is 5.92 Å². The molecule has 1 fully saturated rings. The van der Waals surface area contributed by atoms with Crippen LogP contribution in [0.1, 0.15) is 58.7 Å². The third kappa shape index (κ3) is 4.09. The Morgan fingerprint density at radius 1 is 1.30 bits per heavy atom. The third-order valence-electron chi connectivity index (χ3n) is 3.52. The summed E-state index contributed by atoms with van der Waals surface area (Å²) in [4.78, 5) is 11.8. The van der Waals surface area contributed by atoms with Crippen LogP contribution in [0.5, 0.6) is 0 Å². The van der Waals surface area contributed by atoms with Gasteiger partial charge in [-0.25, -0.2) is 9.97 Å². The van der Waals surface area contributed by atoms with Crippen molar-refractivity contribution >= 4 is 11.6 Å². The molecule has 1 saturated carbocycles. The van der Waals surface area contributed by atoms with Gasteiger partial charge in [0.25, 0.3) is 0 Å². The van der Waals surface area contributed by atoms with E-state index in [0.717, 1.165) is 43.5 Å². The summed E-state index contributed by atoms with van der Waals surface area (Å²) in [5, 5.41) is 3.41. The predicted molar refractivity (Wildman–Crippen MR) is 85.5 cm³/mol. The maximum atomic E-state index is 4.80. The van der Waals surface area contributed by atoms with Crippen LogP contribution in [0.25, 0.3) is 0 Å². The van der Waals surface area contributed by atoms with Crippen LogP contribution in [0.4, 0.5) is 11.6 Å². The van der Waals surface area contributed by atoms with E-state index in [1.807, 2.05) is 0 Å². The van der Waals surface area contributed by atoms with Crippen molar-refractivity contribution in [2.75, 3.05) is 29.9 Å². The van der Waals surface area contributed by atoms with Crippen LogP contribution in [-0.2, 0) is 0 Å². The molecular weight excluding hydrogens is 248 g/mol. The number of hydrogen-bond acceptors (Lipinski definition) is 4. The standard InChI is InChI=1S/C16H28N4/c1-5-9-17-14-10-15(20(6-2)11-12(3)4)19-16(18-14)13-7-8-13/h10,12-13H,5-9,11H2,1-4H3,(H,17,18,19). The Hall–Kier alpha value is -1.32. The molecule has 0 bridgehead atoms. The van der Waals surface area contributed by atoms with E-state index < -0.39 is 0 Å². The van der Waals surface area contributed by atoms with Crippen LogP contribution in [0.2, 0.25) is 0 Å². The van der Waals surface area contributed by atoms with Crippen molar-refractivity contribution in [1.29, 1.82) is 0 Å². The Labute approximate surface area is 123 Å². The maximum Gasteiger partial charge on any atom is 0.136 e. The Bertz CT molecular complexity index is 426. The van der Waals surface area contributed by atoms with Gasteiger partial charge in [-0.2, -0.15) is 0 Å². The molecule has 0 saturated heterocycles. The molecule has 112 valence electrons. The van der Waals surface area contributed by atoms with E-state index in [2.05, 4.69) is 49.0 Å². The van der Waals surface area contributed by atoms with Crippen molar-refractivity contribution in [3.63, 3.8) is 0 Å². The van der Waals surface area contributed by atoms with Gasteiger partial charge >= 0.3 is 0 Å². The first kappa shape index (κ1) is 15.1. The third-order valence-corrected chi connectivity index (χ3v) is 3.52. The number of nitrogens with one attached hydrogen (secondary N) is 1. The van der Waals surface area contributed by atoms with E-state index in [1.165, 1.54) is 12.8 Å². The molecule has 20 heavy (non-hydrogen) atoms. The summed E-state index contributed by atoms with van der Waals surface area (Å²) < 4.78 is 0. The fraction of sp³-hybridized carbons (Fsp3) is 0.750. The number of anilines is 2. The molecule has 1 heterocycles. The van der Waals surface area contributed by atoms with Gasteiger partial charge in [-0.3, -0.25) is 0 Å². The SMILES string of the molecule is CCCNc1cc(N(CC)CC(C)C)nc(C2CC2)n1. The number of nitrogens with zero attached hydrogens (tertiary/aromatic N) is 3. The Balaban J connectivity index is 2.22. The van der Waals surface area contributed by atoms with Crippen molar-refractivity contribution in [2.24, 2.45) is 5.92 Å². The van der Waals surface area contributed by atoms with Crippen LogP contribution < -0.4 is 10.2 Å². The lowest BCUT2D eigenvalue weighted by molar-refractivity contribution is 0.613.